The molecule has 0 radical (unpaired) electrons. The summed E-state index contributed by atoms with van der Waals surface area (Å²) in [7, 11) is 1.50. The van der Waals surface area contributed by atoms with Crippen LogP contribution in [0.15, 0.2) is 30.5 Å². The molecule has 2 rings (SSSR count). The minimum atomic E-state index is -1.000. The normalized spacial score (nSPS) is 10.1. The van der Waals surface area contributed by atoms with Gasteiger partial charge in [-0.25, -0.2) is 9.78 Å². The number of nitrogens with zero attached hydrogens (tertiary/aromatic N) is 2. The van der Waals surface area contributed by atoms with E-state index in [2.05, 4.69) is 9.97 Å². The van der Waals surface area contributed by atoms with Gasteiger partial charge in [0.1, 0.15) is 0 Å². The fraction of sp³-hybridized carbons (Fsp3) is 0.154. The van der Waals surface area contributed by atoms with E-state index >= 15 is 0 Å². The predicted octanol–water partition coefficient (Wildman–Crippen LogP) is 2.16. The van der Waals surface area contributed by atoms with Gasteiger partial charge in [0.05, 0.1) is 12.7 Å². The lowest BCUT2D eigenvalue weighted by Crippen LogP contribution is -2.02. The summed E-state index contributed by atoms with van der Waals surface area (Å²) < 4.78 is 5.00. The topological polar surface area (TPSA) is 72.3 Å². The maximum absolute atomic E-state index is 11.2. The molecule has 2 aromatic rings. The summed E-state index contributed by atoms with van der Waals surface area (Å²) in [6, 6.07) is 6.73. The van der Waals surface area contributed by atoms with E-state index in [-0.39, 0.29) is 5.56 Å². The molecule has 5 heteroatoms. The number of aromatic carboxylic acids is 1. The summed E-state index contributed by atoms with van der Waals surface area (Å²) in [5, 5.41) is 9.19. The van der Waals surface area contributed by atoms with Gasteiger partial charge < -0.3 is 9.84 Å². The Morgan fingerprint density at radius 2 is 2.11 bits per heavy atom. The molecule has 0 saturated carbocycles. The summed E-state index contributed by atoms with van der Waals surface area (Å²) in [5.41, 5.74) is 1.54. The van der Waals surface area contributed by atoms with Crippen molar-refractivity contribution < 1.29 is 14.6 Å². The van der Waals surface area contributed by atoms with Crippen molar-refractivity contribution in [2.24, 2.45) is 0 Å². The number of carboxylic acids is 1. The number of carboxylic acid groups (broad SMARTS) is 1. The molecule has 0 bridgehead atoms. The van der Waals surface area contributed by atoms with Crippen LogP contribution in [0.25, 0.3) is 11.4 Å². The molecule has 0 aliphatic rings. The molecule has 0 aliphatic carbocycles. The van der Waals surface area contributed by atoms with E-state index < -0.39 is 5.97 Å². The average Bonchev–Trinajstić information content (AvgIpc) is 2.38. The summed E-state index contributed by atoms with van der Waals surface area (Å²) in [4.78, 5) is 19.4. The molecule has 0 fully saturated rings. The molecule has 0 spiro atoms. The number of benzene rings is 1. The van der Waals surface area contributed by atoms with Gasteiger partial charge in [0.15, 0.2) is 5.82 Å². The molecule has 0 unspecified atom stereocenters. The maximum atomic E-state index is 11.2. The zero-order chi connectivity index (χ0) is 13.1. The van der Waals surface area contributed by atoms with Crippen molar-refractivity contribution in [1.29, 1.82) is 0 Å². The number of hydrogen-bond donors (Lipinski definition) is 1. The first kappa shape index (κ1) is 12.0. The van der Waals surface area contributed by atoms with Gasteiger partial charge in [-0.05, 0) is 13.0 Å². The molecule has 0 aliphatic heterocycles. The van der Waals surface area contributed by atoms with Crippen LogP contribution in [0, 0.1) is 6.92 Å². The summed E-state index contributed by atoms with van der Waals surface area (Å²) in [6.45, 7) is 1.84. The lowest BCUT2D eigenvalue weighted by Gasteiger charge is -2.07. The van der Waals surface area contributed by atoms with Crippen molar-refractivity contribution >= 4 is 5.97 Å². The Kier molecular flexibility index (Phi) is 3.23. The van der Waals surface area contributed by atoms with Gasteiger partial charge in [-0.15, -0.1) is 0 Å². The van der Waals surface area contributed by atoms with Crippen molar-refractivity contribution in [3.05, 3.63) is 41.6 Å². The monoisotopic (exact) mass is 244 g/mol. The van der Waals surface area contributed by atoms with Crippen LogP contribution in [0.5, 0.6) is 5.88 Å². The molecule has 1 heterocycles. The fourth-order valence-electron chi connectivity index (χ4n) is 1.62. The molecule has 1 aromatic carbocycles. The minimum Gasteiger partial charge on any atom is -0.481 e. The standard InChI is InChI=1S/C13H12N2O3/c1-8-3-4-9(10(7-8)13(16)17)12-14-6-5-11(15-12)18-2/h3-7H,1-2H3,(H,16,17). The van der Waals surface area contributed by atoms with Gasteiger partial charge in [-0.2, -0.15) is 4.98 Å². The summed E-state index contributed by atoms with van der Waals surface area (Å²) >= 11 is 0. The van der Waals surface area contributed by atoms with E-state index in [1.54, 1.807) is 18.2 Å². The number of aromatic nitrogens is 2. The van der Waals surface area contributed by atoms with E-state index in [4.69, 9.17) is 4.74 Å². The molecule has 1 aromatic heterocycles. The molecular weight excluding hydrogens is 232 g/mol. The van der Waals surface area contributed by atoms with Crippen molar-refractivity contribution in [2.75, 3.05) is 7.11 Å². The highest BCUT2D eigenvalue weighted by Gasteiger charge is 2.14. The first-order valence-electron chi connectivity index (χ1n) is 5.33. The lowest BCUT2D eigenvalue weighted by atomic mass is 10.0. The van der Waals surface area contributed by atoms with Crippen LogP contribution >= 0.6 is 0 Å². The Hall–Kier alpha value is -2.43. The highest BCUT2D eigenvalue weighted by atomic mass is 16.5. The Labute approximate surface area is 104 Å². The first-order chi connectivity index (χ1) is 8.61. The highest BCUT2D eigenvalue weighted by molar-refractivity contribution is 5.95. The third kappa shape index (κ3) is 2.29. The highest BCUT2D eigenvalue weighted by Crippen LogP contribution is 2.22. The fourth-order valence-corrected chi connectivity index (χ4v) is 1.62. The molecule has 18 heavy (non-hydrogen) atoms. The van der Waals surface area contributed by atoms with Gasteiger partial charge in [0.2, 0.25) is 5.88 Å². The van der Waals surface area contributed by atoms with Crippen LogP contribution in [-0.2, 0) is 0 Å². The molecule has 5 nitrogen and oxygen atoms in total. The van der Waals surface area contributed by atoms with E-state index in [1.165, 1.54) is 13.3 Å². The van der Waals surface area contributed by atoms with Crippen molar-refractivity contribution in [2.45, 2.75) is 6.92 Å². The molecule has 0 amide bonds. The van der Waals surface area contributed by atoms with Crippen LogP contribution in [0.1, 0.15) is 15.9 Å². The second kappa shape index (κ2) is 4.83. The van der Waals surface area contributed by atoms with E-state index in [9.17, 15) is 9.90 Å². The van der Waals surface area contributed by atoms with Gasteiger partial charge in [0, 0.05) is 17.8 Å². The molecule has 0 saturated heterocycles. The smallest absolute Gasteiger partial charge is 0.336 e. The number of hydrogen-bond acceptors (Lipinski definition) is 4. The quantitative estimate of drug-likeness (QED) is 0.895. The third-order valence-corrected chi connectivity index (χ3v) is 2.49. The Morgan fingerprint density at radius 1 is 1.33 bits per heavy atom. The van der Waals surface area contributed by atoms with Gasteiger partial charge >= 0.3 is 5.97 Å². The molecular formula is C13H12N2O3. The van der Waals surface area contributed by atoms with Crippen LogP contribution in [-0.4, -0.2) is 28.2 Å². The molecule has 1 N–H and O–H groups in total. The average molecular weight is 244 g/mol. The molecule has 92 valence electrons. The summed E-state index contributed by atoms with van der Waals surface area (Å²) in [5.74, 6) is -0.260. The Balaban J connectivity index is 2.59. The van der Waals surface area contributed by atoms with Gasteiger partial charge in [-0.1, -0.05) is 17.7 Å². The maximum Gasteiger partial charge on any atom is 0.336 e. The third-order valence-electron chi connectivity index (χ3n) is 2.49. The van der Waals surface area contributed by atoms with E-state index in [0.717, 1.165) is 5.56 Å². The largest absolute Gasteiger partial charge is 0.481 e. The number of methoxy groups -OCH3 is 1. The second-order valence-electron chi connectivity index (χ2n) is 3.78. The number of carbonyl (C=O) groups is 1. The zero-order valence-electron chi connectivity index (χ0n) is 10.0. The molecule has 0 atom stereocenters. The van der Waals surface area contributed by atoms with Crippen LogP contribution in [0.4, 0.5) is 0 Å². The van der Waals surface area contributed by atoms with Crippen molar-refractivity contribution in [3.63, 3.8) is 0 Å². The minimum absolute atomic E-state index is 0.184. The number of ether oxygens (including phenoxy) is 1. The van der Waals surface area contributed by atoms with Crippen molar-refractivity contribution in [3.8, 4) is 17.3 Å². The lowest BCUT2D eigenvalue weighted by molar-refractivity contribution is 0.0697. The second-order valence-corrected chi connectivity index (χ2v) is 3.78. The van der Waals surface area contributed by atoms with E-state index in [0.29, 0.717) is 17.3 Å². The predicted molar refractivity (Wildman–Crippen MR) is 65.7 cm³/mol. The van der Waals surface area contributed by atoms with Gasteiger partial charge in [-0.3, -0.25) is 0 Å². The Bertz CT molecular complexity index is 597. The first-order valence-corrected chi connectivity index (χ1v) is 5.33. The zero-order valence-corrected chi connectivity index (χ0v) is 10.0. The summed E-state index contributed by atoms with van der Waals surface area (Å²) in [6.07, 6.45) is 1.53. The van der Waals surface area contributed by atoms with Crippen molar-refractivity contribution in [1.82, 2.24) is 9.97 Å². The van der Waals surface area contributed by atoms with E-state index in [1.807, 2.05) is 13.0 Å². The Morgan fingerprint density at radius 3 is 2.78 bits per heavy atom. The number of rotatable bonds is 3. The van der Waals surface area contributed by atoms with Crippen LogP contribution in [0.2, 0.25) is 0 Å². The van der Waals surface area contributed by atoms with Crippen LogP contribution in [0.3, 0.4) is 0 Å². The van der Waals surface area contributed by atoms with Gasteiger partial charge in [0.25, 0.3) is 0 Å². The van der Waals surface area contributed by atoms with Crippen LogP contribution < -0.4 is 4.74 Å². The SMILES string of the molecule is COc1ccnc(-c2ccc(C)cc2C(=O)O)n1. The number of aryl methyl sites for hydroxylation is 1.